The molecule has 0 N–H and O–H groups in total. The summed E-state index contributed by atoms with van der Waals surface area (Å²) in [5.74, 6) is -1.82. The third-order valence-electron chi connectivity index (χ3n) is 2.46. The van der Waals surface area contributed by atoms with Gasteiger partial charge in [0.1, 0.15) is 6.10 Å². The van der Waals surface area contributed by atoms with Crippen LogP contribution in [0.1, 0.15) is 25.7 Å². The minimum atomic E-state index is -1.00. The van der Waals surface area contributed by atoms with Crippen LogP contribution in [-0.2, 0) is 14.3 Å². The van der Waals surface area contributed by atoms with Gasteiger partial charge in [-0.25, -0.2) is 4.79 Å². The van der Waals surface area contributed by atoms with E-state index in [4.69, 9.17) is 4.74 Å². The molecule has 0 saturated heterocycles. The molecule has 1 saturated carbocycles. The Bertz CT molecular complexity index is 239. The maximum atomic E-state index is 10.8. The molecule has 0 bridgehead atoms. The molecule has 0 atom stereocenters. The standard InChI is InChI=1S/C10H14O4/c1-2-9(11)14-8-5-3-7(4-6-8)10(12)13/h2,7-8H,1,3-6H2,(H,12,13)/p-1. The maximum absolute atomic E-state index is 10.8. The van der Waals surface area contributed by atoms with E-state index in [1.54, 1.807) is 0 Å². The molecule has 0 aromatic carbocycles. The van der Waals surface area contributed by atoms with E-state index in [9.17, 15) is 14.7 Å². The summed E-state index contributed by atoms with van der Waals surface area (Å²) in [5, 5.41) is 10.5. The lowest BCUT2D eigenvalue weighted by Crippen LogP contribution is -2.35. The first-order valence-corrected chi connectivity index (χ1v) is 4.67. The average Bonchev–Trinajstić information content (AvgIpc) is 2.18. The Kier molecular flexibility index (Phi) is 3.68. The highest BCUT2D eigenvalue weighted by molar-refractivity contribution is 5.81. The molecule has 0 aromatic heterocycles. The molecule has 78 valence electrons. The summed E-state index contributed by atoms with van der Waals surface area (Å²) in [6.07, 6.45) is 3.20. The summed E-state index contributed by atoms with van der Waals surface area (Å²) in [6, 6.07) is 0. The number of carbonyl (C=O) groups is 2. The second-order valence-corrected chi connectivity index (χ2v) is 3.43. The summed E-state index contributed by atoms with van der Waals surface area (Å²) in [7, 11) is 0. The van der Waals surface area contributed by atoms with E-state index in [0.717, 1.165) is 6.08 Å². The molecule has 1 aliphatic rings. The summed E-state index contributed by atoms with van der Waals surface area (Å²) >= 11 is 0. The molecule has 0 aromatic rings. The Labute approximate surface area is 82.6 Å². The molecular formula is C10H13O4-. The van der Waals surface area contributed by atoms with Crippen LogP contribution in [0.4, 0.5) is 0 Å². The van der Waals surface area contributed by atoms with Gasteiger partial charge in [0.2, 0.25) is 0 Å². The van der Waals surface area contributed by atoms with Gasteiger partial charge in [-0.2, -0.15) is 0 Å². The number of rotatable bonds is 3. The highest BCUT2D eigenvalue weighted by atomic mass is 16.5. The van der Waals surface area contributed by atoms with Gasteiger partial charge in [-0.1, -0.05) is 6.58 Å². The van der Waals surface area contributed by atoms with E-state index in [1.807, 2.05) is 0 Å². The van der Waals surface area contributed by atoms with Crippen molar-refractivity contribution >= 4 is 11.9 Å². The molecule has 0 radical (unpaired) electrons. The molecule has 14 heavy (non-hydrogen) atoms. The Morgan fingerprint density at radius 3 is 2.29 bits per heavy atom. The van der Waals surface area contributed by atoms with Gasteiger partial charge in [0.15, 0.2) is 0 Å². The van der Waals surface area contributed by atoms with Gasteiger partial charge in [0.25, 0.3) is 0 Å². The molecule has 0 unspecified atom stereocenters. The first kappa shape index (κ1) is 10.8. The van der Waals surface area contributed by atoms with Gasteiger partial charge in [-0.05, 0) is 31.6 Å². The number of aliphatic carboxylic acids is 1. The van der Waals surface area contributed by atoms with Crippen LogP contribution in [0.5, 0.6) is 0 Å². The molecule has 1 aliphatic carbocycles. The average molecular weight is 197 g/mol. The van der Waals surface area contributed by atoms with E-state index in [2.05, 4.69) is 6.58 Å². The zero-order valence-corrected chi connectivity index (χ0v) is 7.90. The Balaban J connectivity index is 2.32. The van der Waals surface area contributed by atoms with Gasteiger partial charge in [0.05, 0.1) is 0 Å². The molecule has 4 nitrogen and oxygen atoms in total. The highest BCUT2D eigenvalue weighted by Gasteiger charge is 2.23. The monoisotopic (exact) mass is 197 g/mol. The van der Waals surface area contributed by atoms with Crippen LogP contribution >= 0.6 is 0 Å². The third-order valence-corrected chi connectivity index (χ3v) is 2.46. The number of hydrogen-bond acceptors (Lipinski definition) is 4. The number of ether oxygens (including phenoxy) is 1. The first-order valence-electron chi connectivity index (χ1n) is 4.67. The minimum absolute atomic E-state index is 0.156. The smallest absolute Gasteiger partial charge is 0.330 e. The van der Waals surface area contributed by atoms with Crippen molar-refractivity contribution in [3.63, 3.8) is 0 Å². The summed E-state index contributed by atoms with van der Waals surface area (Å²) in [5.41, 5.74) is 0. The summed E-state index contributed by atoms with van der Waals surface area (Å²) < 4.78 is 5.00. The van der Waals surface area contributed by atoms with Crippen molar-refractivity contribution in [2.45, 2.75) is 31.8 Å². The largest absolute Gasteiger partial charge is 0.550 e. The Morgan fingerprint density at radius 2 is 1.86 bits per heavy atom. The number of esters is 1. The van der Waals surface area contributed by atoms with E-state index in [0.29, 0.717) is 25.7 Å². The molecule has 1 rings (SSSR count). The van der Waals surface area contributed by atoms with Gasteiger partial charge in [-0.15, -0.1) is 0 Å². The normalized spacial score (nSPS) is 26.6. The van der Waals surface area contributed by atoms with Crippen LogP contribution in [0.2, 0.25) is 0 Å². The summed E-state index contributed by atoms with van der Waals surface area (Å²) in [4.78, 5) is 21.3. The number of carboxylic acids is 1. The van der Waals surface area contributed by atoms with Crippen LogP contribution in [0.15, 0.2) is 12.7 Å². The quantitative estimate of drug-likeness (QED) is 0.472. The van der Waals surface area contributed by atoms with Crippen molar-refractivity contribution < 1.29 is 19.4 Å². The Morgan fingerprint density at radius 1 is 1.29 bits per heavy atom. The number of carbonyl (C=O) groups excluding carboxylic acids is 2. The van der Waals surface area contributed by atoms with Crippen LogP contribution in [0.25, 0.3) is 0 Å². The van der Waals surface area contributed by atoms with Crippen LogP contribution in [0, 0.1) is 5.92 Å². The molecule has 0 spiro atoms. The second-order valence-electron chi connectivity index (χ2n) is 3.43. The van der Waals surface area contributed by atoms with E-state index >= 15 is 0 Å². The van der Waals surface area contributed by atoms with E-state index in [1.165, 1.54) is 0 Å². The maximum Gasteiger partial charge on any atom is 0.330 e. The lowest BCUT2D eigenvalue weighted by atomic mass is 9.87. The third kappa shape index (κ3) is 2.87. The fraction of sp³-hybridized carbons (Fsp3) is 0.600. The first-order chi connectivity index (χ1) is 6.63. The fourth-order valence-corrected chi connectivity index (χ4v) is 1.63. The van der Waals surface area contributed by atoms with Crippen molar-refractivity contribution in [2.24, 2.45) is 5.92 Å². The molecule has 4 heteroatoms. The molecule has 0 aliphatic heterocycles. The topological polar surface area (TPSA) is 66.4 Å². The molecular weight excluding hydrogens is 184 g/mol. The van der Waals surface area contributed by atoms with Crippen LogP contribution in [-0.4, -0.2) is 18.0 Å². The summed E-state index contributed by atoms with van der Waals surface area (Å²) in [6.45, 7) is 3.29. The Hall–Kier alpha value is -1.32. The second kappa shape index (κ2) is 4.79. The van der Waals surface area contributed by atoms with E-state index in [-0.39, 0.29) is 12.0 Å². The zero-order valence-electron chi connectivity index (χ0n) is 7.90. The van der Waals surface area contributed by atoms with Crippen LogP contribution < -0.4 is 5.11 Å². The van der Waals surface area contributed by atoms with Gasteiger partial charge in [-0.3, -0.25) is 0 Å². The van der Waals surface area contributed by atoms with Gasteiger partial charge in [0, 0.05) is 12.0 Å². The van der Waals surface area contributed by atoms with Gasteiger partial charge >= 0.3 is 5.97 Å². The van der Waals surface area contributed by atoms with Crippen molar-refractivity contribution in [1.29, 1.82) is 0 Å². The van der Waals surface area contributed by atoms with Crippen molar-refractivity contribution in [3.05, 3.63) is 12.7 Å². The van der Waals surface area contributed by atoms with E-state index < -0.39 is 11.9 Å². The van der Waals surface area contributed by atoms with Crippen molar-refractivity contribution in [1.82, 2.24) is 0 Å². The molecule has 0 amide bonds. The van der Waals surface area contributed by atoms with Crippen molar-refractivity contribution in [2.75, 3.05) is 0 Å². The van der Waals surface area contributed by atoms with Crippen molar-refractivity contribution in [3.8, 4) is 0 Å². The zero-order chi connectivity index (χ0) is 10.6. The van der Waals surface area contributed by atoms with Crippen LogP contribution in [0.3, 0.4) is 0 Å². The highest BCUT2D eigenvalue weighted by Crippen LogP contribution is 2.25. The SMILES string of the molecule is C=CC(=O)OC1CCC(C(=O)[O-])CC1. The lowest BCUT2D eigenvalue weighted by molar-refractivity contribution is -0.312. The molecule has 0 heterocycles. The predicted molar refractivity (Wildman–Crippen MR) is 47.0 cm³/mol. The fourth-order valence-electron chi connectivity index (χ4n) is 1.63. The number of carboxylic acid groups (broad SMARTS) is 1. The lowest BCUT2D eigenvalue weighted by Gasteiger charge is -2.28. The van der Waals surface area contributed by atoms with Gasteiger partial charge < -0.3 is 14.6 Å². The minimum Gasteiger partial charge on any atom is -0.550 e. The predicted octanol–water partition coefficient (Wildman–Crippen LogP) is 0.0243. The molecule has 1 fully saturated rings. The number of hydrogen-bond donors (Lipinski definition) is 0.